The van der Waals surface area contributed by atoms with E-state index in [2.05, 4.69) is 13.2 Å². The van der Waals surface area contributed by atoms with Gasteiger partial charge in [0.1, 0.15) is 0 Å². The van der Waals surface area contributed by atoms with Crippen molar-refractivity contribution in [2.24, 2.45) is 11.7 Å². The average Bonchev–Trinajstić information content (AvgIpc) is 2.10. The van der Waals surface area contributed by atoms with E-state index < -0.39 is 0 Å². The van der Waals surface area contributed by atoms with E-state index in [-0.39, 0.29) is 12.1 Å². The van der Waals surface area contributed by atoms with Gasteiger partial charge in [-0.3, -0.25) is 0 Å². The minimum absolute atomic E-state index is 0.136. The van der Waals surface area contributed by atoms with Crippen molar-refractivity contribution < 1.29 is 5.11 Å². The summed E-state index contributed by atoms with van der Waals surface area (Å²) < 4.78 is 0. The van der Waals surface area contributed by atoms with Crippen LogP contribution in [-0.2, 0) is 0 Å². The van der Waals surface area contributed by atoms with E-state index in [1.54, 1.807) is 0 Å². The minimum Gasteiger partial charge on any atom is -0.394 e. The minimum atomic E-state index is -0.291. The second kappa shape index (κ2) is 3.99. The number of hydrogen-bond donors (Lipinski definition) is 2. The molecule has 0 bridgehead atoms. The monoisotopic (exact) mass is 189 g/mol. The Morgan fingerprint density at radius 1 is 1.67 bits per heavy atom. The van der Waals surface area contributed by atoms with Crippen LogP contribution in [0.15, 0.2) is 0 Å². The Hall–Kier alpha value is 0.270. The first-order valence-corrected chi connectivity index (χ1v) is 5.82. The molecule has 0 aromatic carbocycles. The number of thioether (sulfide) groups is 1. The maximum atomic E-state index is 9.12. The van der Waals surface area contributed by atoms with Gasteiger partial charge in [0.25, 0.3) is 0 Å². The second-order valence-electron chi connectivity index (χ2n) is 4.01. The highest BCUT2D eigenvalue weighted by molar-refractivity contribution is 7.99. The standard InChI is InChI=1S/C9H19NOS/c1-7-3-4-9(10,6-11)5-8(7)12-2/h7-8,11H,3-6,10H2,1-2H3. The average molecular weight is 189 g/mol. The lowest BCUT2D eigenvalue weighted by molar-refractivity contribution is 0.143. The van der Waals surface area contributed by atoms with Crippen molar-refractivity contribution in [1.29, 1.82) is 0 Å². The maximum Gasteiger partial charge on any atom is 0.0611 e. The van der Waals surface area contributed by atoms with Gasteiger partial charge in [-0.25, -0.2) is 0 Å². The molecule has 0 aromatic rings. The van der Waals surface area contributed by atoms with E-state index in [9.17, 15) is 0 Å². The van der Waals surface area contributed by atoms with Gasteiger partial charge in [0.15, 0.2) is 0 Å². The van der Waals surface area contributed by atoms with Crippen molar-refractivity contribution >= 4 is 11.8 Å². The normalized spacial score (nSPS) is 43.0. The predicted molar refractivity (Wildman–Crippen MR) is 54.3 cm³/mol. The molecule has 0 saturated heterocycles. The van der Waals surface area contributed by atoms with Crippen LogP contribution in [0.2, 0.25) is 0 Å². The highest BCUT2D eigenvalue weighted by atomic mass is 32.2. The molecule has 1 rings (SSSR count). The quantitative estimate of drug-likeness (QED) is 0.687. The van der Waals surface area contributed by atoms with Crippen molar-refractivity contribution in [3.63, 3.8) is 0 Å². The summed E-state index contributed by atoms with van der Waals surface area (Å²) >= 11 is 1.88. The Morgan fingerprint density at radius 2 is 2.33 bits per heavy atom. The zero-order chi connectivity index (χ0) is 9.19. The van der Waals surface area contributed by atoms with Gasteiger partial charge in [-0.05, 0) is 31.4 Å². The predicted octanol–water partition coefficient (Wildman–Crippen LogP) is 1.23. The molecular weight excluding hydrogens is 170 g/mol. The Kier molecular flexibility index (Phi) is 3.44. The van der Waals surface area contributed by atoms with E-state index in [4.69, 9.17) is 10.8 Å². The topological polar surface area (TPSA) is 46.2 Å². The third kappa shape index (κ3) is 2.15. The highest BCUT2D eigenvalue weighted by Crippen LogP contribution is 2.36. The van der Waals surface area contributed by atoms with E-state index in [1.807, 2.05) is 11.8 Å². The van der Waals surface area contributed by atoms with Crippen molar-refractivity contribution in [3.05, 3.63) is 0 Å². The molecule has 1 aliphatic rings. The molecule has 2 nitrogen and oxygen atoms in total. The zero-order valence-corrected chi connectivity index (χ0v) is 8.73. The van der Waals surface area contributed by atoms with Gasteiger partial charge < -0.3 is 10.8 Å². The number of aliphatic hydroxyl groups excluding tert-OH is 1. The lowest BCUT2D eigenvalue weighted by atomic mass is 9.78. The molecule has 0 aromatic heterocycles. The first kappa shape index (κ1) is 10.4. The van der Waals surface area contributed by atoms with Crippen LogP contribution in [-0.4, -0.2) is 28.8 Å². The largest absolute Gasteiger partial charge is 0.394 e. The first-order valence-electron chi connectivity index (χ1n) is 4.54. The van der Waals surface area contributed by atoms with Gasteiger partial charge in [0.05, 0.1) is 6.61 Å². The number of nitrogens with two attached hydrogens (primary N) is 1. The molecule has 72 valence electrons. The first-order chi connectivity index (χ1) is 5.61. The van der Waals surface area contributed by atoms with Crippen LogP contribution in [0.5, 0.6) is 0 Å². The molecule has 3 N–H and O–H groups in total. The van der Waals surface area contributed by atoms with Crippen LogP contribution in [0, 0.1) is 5.92 Å². The smallest absolute Gasteiger partial charge is 0.0611 e. The molecule has 0 radical (unpaired) electrons. The van der Waals surface area contributed by atoms with Crippen molar-refractivity contribution in [2.45, 2.75) is 37.0 Å². The lowest BCUT2D eigenvalue weighted by Gasteiger charge is -2.39. The molecule has 1 saturated carbocycles. The summed E-state index contributed by atoms with van der Waals surface area (Å²) in [6.45, 7) is 2.41. The van der Waals surface area contributed by atoms with E-state index in [1.165, 1.54) is 0 Å². The summed E-state index contributed by atoms with van der Waals surface area (Å²) in [5.74, 6) is 0.753. The van der Waals surface area contributed by atoms with Crippen molar-refractivity contribution in [2.75, 3.05) is 12.9 Å². The Labute approximate surface area is 78.9 Å². The SMILES string of the molecule is CSC1CC(N)(CO)CCC1C. The zero-order valence-electron chi connectivity index (χ0n) is 7.92. The fraction of sp³-hybridized carbons (Fsp3) is 1.00. The van der Waals surface area contributed by atoms with Crippen LogP contribution in [0.25, 0.3) is 0 Å². The third-order valence-electron chi connectivity index (χ3n) is 2.96. The van der Waals surface area contributed by atoms with Gasteiger partial charge in [0, 0.05) is 10.8 Å². The lowest BCUT2D eigenvalue weighted by Crippen LogP contribution is -2.50. The van der Waals surface area contributed by atoms with Crippen LogP contribution >= 0.6 is 11.8 Å². The molecule has 0 spiro atoms. The van der Waals surface area contributed by atoms with Crippen molar-refractivity contribution in [1.82, 2.24) is 0 Å². The number of hydrogen-bond acceptors (Lipinski definition) is 3. The van der Waals surface area contributed by atoms with Crippen LogP contribution in [0.3, 0.4) is 0 Å². The molecule has 0 heterocycles. The maximum absolute atomic E-state index is 9.12. The summed E-state index contributed by atoms with van der Waals surface area (Å²) in [5.41, 5.74) is 5.73. The Bertz CT molecular complexity index is 153. The summed E-state index contributed by atoms with van der Waals surface area (Å²) in [4.78, 5) is 0. The van der Waals surface area contributed by atoms with Gasteiger partial charge in [0.2, 0.25) is 0 Å². The molecule has 3 heteroatoms. The van der Waals surface area contributed by atoms with Crippen molar-refractivity contribution in [3.8, 4) is 0 Å². The van der Waals surface area contributed by atoms with Crippen LogP contribution in [0.1, 0.15) is 26.2 Å². The Morgan fingerprint density at radius 3 is 2.83 bits per heavy atom. The van der Waals surface area contributed by atoms with E-state index >= 15 is 0 Å². The molecule has 0 aliphatic heterocycles. The molecule has 3 atom stereocenters. The molecule has 12 heavy (non-hydrogen) atoms. The summed E-state index contributed by atoms with van der Waals surface area (Å²) in [6.07, 6.45) is 5.22. The fourth-order valence-electron chi connectivity index (χ4n) is 1.86. The van der Waals surface area contributed by atoms with Gasteiger partial charge in [-0.15, -0.1) is 0 Å². The second-order valence-corrected chi connectivity index (χ2v) is 5.09. The van der Waals surface area contributed by atoms with Gasteiger partial charge >= 0.3 is 0 Å². The molecule has 0 amide bonds. The number of aliphatic hydroxyl groups is 1. The summed E-state index contributed by atoms with van der Waals surface area (Å²) in [6, 6.07) is 0. The van der Waals surface area contributed by atoms with Crippen LogP contribution < -0.4 is 5.73 Å². The number of rotatable bonds is 2. The fourth-order valence-corrected chi connectivity index (χ4v) is 2.96. The highest BCUT2D eigenvalue weighted by Gasteiger charge is 2.35. The van der Waals surface area contributed by atoms with Gasteiger partial charge in [-0.2, -0.15) is 11.8 Å². The molecule has 1 fully saturated rings. The Balaban J connectivity index is 2.55. The molecule has 3 unspecified atom stereocenters. The van der Waals surface area contributed by atoms with Crippen LogP contribution in [0.4, 0.5) is 0 Å². The van der Waals surface area contributed by atoms with E-state index in [0.29, 0.717) is 5.25 Å². The molecule has 1 aliphatic carbocycles. The van der Waals surface area contributed by atoms with Gasteiger partial charge in [-0.1, -0.05) is 6.92 Å². The summed E-state index contributed by atoms with van der Waals surface area (Å²) in [7, 11) is 0. The molecular formula is C9H19NOS. The summed E-state index contributed by atoms with van der Waals surface area (Å²) in [5, 5.41) is 9.75. The third-order valence-corrected chi connectivity index (χ3v) is 4.19. The van der Waals surface area contributed by atoms with E-state index in [0.717, 1.165) is 25.2 Å².